The van der Waals surface area contributed by atoms with Gasteiger partial charge in [-0.3, -0.25) is 9.69 Å². The lowest BCUT2D eigenvalue weighted by molar-refractivity contribution is -0.0691. The maximum Gasteiger partial charge on any atom is 0.274 e. The minimum Gasteiger partial charge on any atom is -0.378 e. The molecule has 4 rings (SSSR count). The molecule has 0 aliphatic carbocycles. The Morgan fingerprint density at radius 3 is 2.59 bits per heavy atom. The van der Waals surface area contributed by atoms with Crippen molar-refractivity contribution in [2.75, 3.05) is 43.1 Å². The summed E-state index contributed by atoms with van der Waals surface area (Å²) in [6.45, 7) is 11.1. The quantitative estimate of drug-likeness (QED) is 0.750. The number of halogens is 1. The molecule has 0 spiro atoms. The number of piperazine rings is 1. The Bertz CT molecular complexity index is 866. The molecule has 7 nitrogen and oxygen atoms in total. The van der Waals surface area contributed by atoms with Gasteiger partial charge in [0.2, 0.25) is 0 Å². The molecule has 2 aromatic heterocycles. The first-order valence-corrected chi connectivity index (χ1v) is 11.0. The average molecular weight is 464 g/mol. The highest BCUT2D eigenvalue weighted by atomic mass is 79.9. The highest BCUT2D eigenvalue weighted by Gasteiger charge is 2.32. The third kappa shape index (κ3) is 4.99. The molecule has 1 unspecified atom stereocenters. The van der Waals surface area contributed by atoms with Crippen LogP contribution in [0.2, 0.25) is 0 Å². The first kappa shape index (κ1) is 21.8. The normalized spacial score (nSPS) is 19.9. The maximum atomic E-state index is 12.2. The lowest BCUT2D eigenvalue weighted by Gasteiger charge is -2.46. The van der Waals surface area contributed by atoms with E-state index in [1.54, 1.807) is 19.3 Å². The van der Waals surface area contributed by atoms with Crippen LogP contribution < -0.4 is 15.8 Å². The van der Waals surface area contributed by atoms with Gasteiger partial charge in [0, 0.05) is 43.4 Å². The second kappa shape index (κ2) is 9.73. The molecule has 2 fully saturated rings. The van der Waals surface area contributed by atoms with E-state index < -0.39 is 0 Å². The van der Waals surface area contributed by atoms with Crippen LogP contribution in [0, 0.1) is 0 Å². The number of hydrogen-bond donors (Lipinski definition) is 1. The van der Waals surface area contributed by atoms with Crippen LogP contribution >= 0.6 is 15.9 Å². The Morgan fingerprint density at radius 2 is 2.00 bits per heavy atom. The molecule has 2 aromatic rings. The minimum atomic E-state index is -0.0891. The van der Waals surface area contributed by atoms with Gasteiger partial charge in [-0.05, 0) is 41.1 Å². The highest BCUT2D eigenvalue weighted by molar-refractivity contribution is 9.10. The van der Waals surface area contributed by atoms with E-state index in [2.05, 4.69) is 49.0 Å². The van der Waals surface area contributed by atoms with E-state index in [9.17, 15) is 4.79 Å². The molecule has 2 aliphatic heterocycles. The van der Waals surface area contributed by atoms with E-state index in [1.165, 1.54) is 4.57 Å². The smallest absolute Gasteiger partial charge is 0.274 e. The average Bonchev–Trinajstić information content (AvgIpc) is 2.67. The molecule has 29 heavy (non-hydrogen) atoms. The summed E-state index contributed by atoms with van der Waals surface area (Å²) in [5.41, 5.74) is 1.52. The Morgan fingerprint density at radius 1 is 1.24 bits per heavy atom. The summed E-state index contributed by atoms with van der Waals surface area (Å²) in [5, 5.41) is 3.12. The maximum absolute atomic E-state index is 12.2. The number of aryl methyl sites for hydroxylation is 1. The Kier molecular flexibility index (Phi) is 7.32. The topological polar surface area (TPSA) is 62.6 Å². The van der Waals surface area contributed by atoms with Crippen LogP contribution in [0.4, 0.5) is 17.2 Å². The van der Waals surface area contributed by atoms with Gasteiger partial charge >= 0.3 is 0 Å². The van der Waals surface area contributed by atoms with Gasteiger partial charge < -0.3 is 19.5 Å². The zero-order chi connectivity index (χ0) is 21.0. The fourth-order valence-corrected chi connectivity index (χ4v) is 4.20. The Labute approximate surface area is 180 Å². The van der Waals surface area contributed by atoms with Crippen molar-refractivity contribution in [1.29, 1.82) is 0 Å². The first-order valence-electron chi connectivity index (χ1n) is 10.2. The standard InChI is InChI=1S/C19H24BrN5O2.C2H6/c1-13-9-24(16-11-27-12-16)5-6-25(13)15-3-4-18(21-8-15)22-17-7-14(20)10-23(2)19(17)26;1-2/h3-4,7-8,10,13,16H,5-6,9,11-12H2,1-2H3,(H,21,22);1-2H3. The molecule has 4 heterocycles. The second-order valence-electron chi connectivity index (χ2n) is 7.24. The second-order valence-corrected chi connectivity index (χ2v) is 8.16. The van der Waals surface area contributed by atoms with Crippen molar-refractivity contribution >= 4 is 33.1 Å². The molecule has 2 saturated heterocycles. The van der Waals surface area contributed by atoms with Gasteiger partial charge in [-0.15, -0.1) is 0 Å². The third-order valence-corrected chi connectivity index (χ3v) is 5.72. The van der Waals surface area contributed by atoms with Crippen molar-refractivity contribution in [1.82, 2.24) is 14.5 Å². The summed E-state index contributed by atoms with van der Waals surface area (Å²) in [5.74, 6) is 0.659. The van der Waals surface area contributed by atoms with Crippen molar-refractivity contribution in [3.63, 3.8) is 0 Å². The highest BCUT2D eigenvalue weighted by Crippen LogP contribution is 2.24. The molecule has 0 radical (unpaired) electrons. The van der Waals surface area contributed by atoms with Crippen LogP contribution in [0.25, 0.3) is 0 Å². The number of pyridine rings is 2. The lowest BCUT2D eigenvalue weighted by Crippen LogP contribution is -2.59. The molecular weight excluding hydrogens is 434 g/mol. The number of nitrogens with zero attached hydrogens (tertiary/aromatic N) is 4. The van der Waals surface area contributed by atoms with Gasteiger partial charge in [0.15, 0.2) is 0 Å². The summed E-state index contributed by atoms with van der Waals surface area (Å²) in [7, 11) is 1.73. The van der Waals surface area contributed by atoms with Crippen LogP contribution in [-0.4, -0.2) is 59.4 Å². The number of hydrogen-bond acceptors (Lipinski definition) is 6. The predicted octanol–water partition coefficient (Wildman–Crippen LogP) is 3.22. The summed E-state index contributed by atoms with van der Waals surface area (Å²) in [6.07, 6.45) is 3.62. The van der Waals surface area contributed by atoms with Gasteiger partial charge in [-0.1, -0.05) is 13.8 Å². The summed E-state index contributed by atoms with van der Waals surface area (Å²) >= 11 is 3.42. The molecule has 158 valence electrons. The molecule has 0 aromatic carbocycles. The van der Waals surface area contributed by atoms with Crippen molar-refractivity contribution < 1.29 is 4.74 Å². The largest absolute Gasteiger partial charge is 0.378 e. The van der Waals surface area contributed by atoms with Gasteiger partial charge in [-0.2, -0.15) is 0 Å². The molecule has 0 amide bonds. The van der Waals surface area contributed by atoms with Crippen molar-refractivity contribution in [3.8, 4) is 0 Å². The van der Waals surface area contributed by atoms with E-state index in [1.807, 2.05) is 26.1 Å². The van der Waals surface area contributed by atoms with Crippen molar-refractivity contribution in [2.24, 2.45) is 7.05 Å². The lowest BCUT2D eigenvalue weighted by atomic mass is 10.1. The number of rotatable bonds is 4. The minimum absolute atomic E-state index is 0.0891. The zero-order valence-electron chi connectivity index (χ0n) is 17.6. The predicted molar refractivity (Wildman–Crippen MR) is 121 cm³/mol. The van der Waals surface area contributed by atoms with Crippen molar-refractivity contribution in [3.05, 3.63) is 45.4 Å². The van der Waals surface area contributed by atoms with E-state index in [0.29, 0.717) is 23.6 Å². The van der Waals surface area contributed by atoms with E-state index in [-0.39, 0.29) is 5.56 Å². The van der Waals surface area contributed by atoms with Crippen LogP contribution in [0.15, 0.2) is 39.9 Å². The number of ether oxygens (including phenoxy) is 1. The van der Waals surface area contributed by atoms with Crippen LogP contribution in [0.5, 0.6) is 0 Å². The number of anilines is 3. The zero-order valence-corrected chi connectivity index (χ0v) is 19.1. The SMILES string of the molecule is CC.CC1CN(C2COC2)CCN1c1ccc(Nc2cc(Br)cn(C)c2=O)nc1. The number of nitrogens with one attached hydrogen (secondary N) is 1. The van der Waals surface area contributed by atoms with E-state index in [0.717, 1.165) is 43.0 Å². The van der Waals surface area contributed by atoms with Gasteiger partial charge in [0.25, 0.3) is 5.56 Å². The monoisotopic (exact) mass is 463 g/mol. The molecule has 0 saturated carbocycles. The summed E-state index contributed by atoms with van der Waals surface area (Å²) in [4.78, 5) is 21.7. The number of aromatic nitrogens is 2. The van der Waals surface area contributed by atoms with Crippen LogP contribution in [0.3, 0.4) is 0 Å². The molecular formula is C21H30BrN5O2. The van der Waals surface area contributed by atoms with Gasteiger partial charge in [0.05, 0.1) is 31.1 Å². The fourth-order valence-electron chi connectivity index (χ4n) is 3.66. The Hall–Kier alpha value is -1.90. The molecule has 8 heteroatoms. The van der Waals surface area contributed by atoms with E-state index >= 15 is 0 Å². The summed E-state index contributed by atoms with van der Waals surface area (Å²) < 4.78 is 7.70. The van der Waals surface area contributed by atoms with Gasteiger partial charge in [-0.25, -0.2) is 4.98 Å². The molecule has 1 N–H and O–H groups in total. The van der Waals surface area contributed by atoms with Crippen molar-refractivity contribution in [2.45, 2.75) is 32.9 Å². The van der Waals surface area contributed by atoms with E-state index in [4.69, 9.17) is 4.74 Å². The first-order chi connectivity index (χ1) is 14.0. The molecule has 0 bridgehead atoms. The molecule has 1 atom stereocenters. The van der Waals surface area contributed by atoms with Gasteiger partial charge in [0.1, 0.15) is 11.5 Å². The molecule has 2 aliphatic rings. The third-order valence-electron chi connectivity index (χ3n) is 5.29. The van der Waals surface area contributed by atoms with Crippen LogP contribution in [-0.2, 0) is 11.8 Å². The summed E-state index contributed by atoms with van der Waals surface area (Å²) in [6, 6.07) is 6.78. The van der Waals surface area contributed by atoms with Crippen LogP contribution in [0.1, 0.15) is 20.8 Å². The fraction of sp³-hybridized carbons (Fsp3) is 0.524. The Balaban J connectivity index is 0.00000117.